The van der Waals surface area contributed by atoms with Gasteiger partial charge in [-0.1, -0.05) is 6.42 Å². The molecule has 0 saturated heterocycles. The van der Waals surface area contributed by atoms with Gasteiger partial charge < -0.3 is 20.0 Å². The molecule has 0 spiro atoms. The zero-order valence-electron chi connectivity index (χ0n) is 13.2. The van der Waals surface area contributed by atoms with Crippen LogP contribution in [-0.4, -0.2) is 43.4 Å². The number of nitriles is 1. The van der Waals surface area contributed by atoms with E-state index in [1.807, 2.05) is 27.2 Å². The highest BCUT2D eigenvalue weighted by atomic mass is 16.3. The van der Waals surface area contributed by atoms with Crippen molar-refractivity contribution in [1.82, 2.24) is 9.80 Å². The van der Waals surface area contributed by atoms with Crippen LogP contribution in [0.15, 0.2) is 21.5 Å². The maximum Gasteiger partial charge on any atom is 0.209 e. The molecule has 1 rings (SSSR count). The summed E-state index contributed by atoms with van der Waals surface area (Å²) < 4.78 is 5.77. The molecule has 21 heavy (non-hydrogen) atoms. The van der Waals surface area contributed by atoms with E-state index in [1.54, 1.807) is 11.1 Å². The third-order valence-electron chi connectivity index (χ3n) is 3.16. The summed E-state index contributed by atoms with van der Waals surface area (Å²) in [5, 5.41) is 8.42. The number of guanidine groups is 1. The summed E-state index contributed by atoms with van der Waals surface area (Å²) >= 11 is 0. The first-order chi connectivity index (χ1) is 10.0. The normalized spacial score (nSPS) is 11.7. The SMILES string of the molecule is CN(C)Cc1ccc(CCCCCN(C)C(N)=NC#N)o1. The quantitative estimate of drug-likeness (QED) is 0.342. The number of aryl methyl sites for hydroxylation is 1. The van der Waals surface area contributed by atoms with Gasteiger partial charge in [0.25, 0.3) is 0 Å². The van der Waals surface area contributed by atoms with Gasteiger partial charge in [-0.2, -0.15) is 5.26 Å². The second-order valence-corrected chi connectivity index (χ2v) is 5.41. The lowest BCUT2D eigenvalue weighted by molar-refractivity contribution is 0.340. The Labute approximate surface area is 126 Å². The van der Waals surface area contributed by atoms with Gasteiger partial charge in [0.2, 0.25) is 12.2 Å². The Morgan fingerprint density at radius 2 is 1.95 bits per heavy atom. The highest BCUT2D eigenvalue weighted by molar-refractivity contribution is 5.78. The number of unbranched alkanes of at least 4 members (excludes halogenated alkanes) is 2. The van der Waals surface area contributed by atoms with Crippen molar-refractivity contribution >= 4 is 5.96 Å². The van der Waals surface area contributed by atoms with Gasteiger partial charge in [-0.25, -0.2) is 0 Å². The molecule has 0 unspecified atom stereocenters. The molecule has 0 saturated carbocycles. The highest BCUT2D eigenvalue weighted by Crippen LogP contribution is 2.12. The van der Waals surface area contributed by atoms with E-state index in [2.05, 4.69) is 16.0 Å². The van der Waals surface area contributed by atoms with E-state index in [0.717, 1.165) is 50.3 Å². The molecule has 1 heterocycles. The molecule has 0 aliphatic rings. The van der Waals surface area contributed by atoms with Gasteiger partial charge in [0.15, 0.2) is 0 Å². The van der Waals surface area contributed by atoms with Crippen LogP contribution in [0.3, 0.4) is 0 Å². The Morgan fingerprint density at radius 1 is 1.24 bits per heavy atom. The molecule has 0 fully saturated rings. The molecule has 6 heteroatoms. The average Bonchev–Trinajstić information content (AvgIpc) is 2.85. The van der Waals surface area contributed by atoms with E-state index in [1.165, 1.54) is 0 Å². The Kier molecular flexibility index (Phi) is 7.33. The van der Waals surface area contributed by atoms with Crippen molar-refractivity contribution < 1.29 is 4.42 Å². The van der Waals surface area contributed by atoms with Crippen LogP contribution in [0.2, 0.25) is 0 Å². The number of hydrogen-bond donors (Lipinski definition) is 1. The molecule has 0 amide bonds. The molecule has 0 aliphatic heterocycles. The number of nitrogens with zero attached hydrogens (tertiary/aromatic N) is 4. The Balaban J connectivity index is 2.18. The fourth-order valence-electron chi connectivity index (χ4n) is 2.03. The molecular weight excluding hydrogens is 266 g/mol. The molecule has 0 radical (unpaired) electrons. The van der Waals surface area contributed by atoms with Crippen LogP contribution in [0, 0.1) is 11.5 Å². The van der Waals surface area contributed by atoms with Gasteiger partial charge >= 0.3 is 0 Å². The monoisotopic (exact) mass is 291 g/mol. The minimum Gasteiger partial charge on any atom is -0.465 e. The molecule has 116 valence electrons. The molecular formula is C15H25N5O. The lowest BCUT2D eigenvalue weighted by atomic mass is 10.1. The Bertz CT molecular complexity index is 486. The molecule has 1 aromatic heterocycles. The first-order valence-electron chi connectivity index (χ1n) is 7.18. The number of furan rings is 1. The maximum absolute atomic E-state index is 8.42. The smallest absolute Gasteiger partial charge is 0.209 e. The summed E-state index contributed by atoms with van der Waals surface area (Å²) in [4.78, 5) is 7.39. The number of rotatable bonds is 8. The third-order valence-corrected chi connectivity index (χ3v) is 3.16. The third kappa shape index (κ3) is 6.82. The molecule has 6 nitrogen and oxygen atoms in total. The van der Waals surface area contributed by atoms with Crippen LogP contribution in [0.25, 0.3) is 0 Å². The van der Waals surface area contributed by atoms with Gasteiger partial charge in [-0.3, -0.25) is 0 Å². The molecule has 0 aromatic carbocycles. The predicted octanol–water partition coefficient (Wildman–Crippen LogP) is 1.78. The van der Waals surface area contributed by atoms with Crippen molar-refractivity contribution in [2.24, 2.45) is 10.7 Å². The van der Waals surface area contributed by atoms with E-state index in [4.69, 9.17) is 15.4 Å². The fraction of sp³-hybridized carbons (Fsp3) is 0.600. The summed E-state index contributed by atoms with van der Waals surface area (Å²) in [6.45, 7) is 1.64. The molecule has 0 bridgehead atoms. The lowest BCUT2D eigenvalue weighted by Gasteiger charge is -2.16. The number of nitrogens with two attached hydrogens (primary N) is 1. The van der Waals surface area contributed by atoms with E-state index in [-0.39, 0.29) is 5.96 Å². The summed E-state index contributed by atoms with van der Waals surface area (Å²) in [6.07, 6.45) is 5.84. The standard InChI is InChI=1S/C15H25N5O/c1-19(2)11-14-9-8-13(21-14)7-5-4-6-10-20(3)15(17)18-12-16/h8-9H,4-7,10-11H2,1-3H3,(H2,17,18). The summed E-state index contributed by atoms with van der Waals surface area (Å²) in [5.74, 6) is 2.33. The second kappa shape index (κ2) is 9.03. The van der Waals surface area contributed by atoms with E-state index >= 15 is 0 Å². The van der Waals surface area contributed by atoms with Gasteiger partial charge in [0.1, 0.15) is 11.5 Å². The van der Waals surface area contributed by atoms with Crippen molar-refractivity contribution in [1.29, 1.82) is 5.26 Å². The van der Waals surface area contributed by atoms with Crippen LogP contribution < -0.4 is 5.73 Å². The van der Waals surface area contributed by atoms with Crippen molar-refractivity contribution in [3.8, 4) is 6.19 Å². The minimum absolute atomic E-state index is 0.275. The zero-order valence-corrected chi connectivity index (χ0v) is 13.2. The number of hydrogen-bond acceptors (Lipinski definition) is 4. The molecule has 0 atom stereocenters. The minimum atomic E-state index is 0.275. The summed E-state index contributed by atoms with van der Waals surface area (Å²) in [7, 11) is 5.90. The average molecular weight is 291 g/mol. The first kappa shape index (κ1) is 17.1. The van der Waals surface area contributed by atoms with Crippen LogP contribution in [0.5, 0.6) is 0 Å². The van der Waals surface area contributed by atoms with Crippen molar-refractivity contribution in [3.05, 3.63) is 23.7 Å². The van der Waals surface area contributed by atoms with Crippen molar-refractivity contribution in [2.75, 3.05) is 27.7 Å². The fourth-order valence-corrected chi connectivity index (χ4v) is 2.03. The van der Waals surface area contributed by atoms with Crippen LogP contribution in [0.1, 0.15) is 30.8 Å². The Hall–Kier alpha value is -2.00. The maximum atomic E-state index is 8.42. The predicted molar refractivity (Wildman–Crippen MR) is 83.5 cm³/mol. The lowest BCUT2D eigenvalue weighted by Crippen LogP contribution is -2.34. The topological polar surface area (TPSA) is 81.8 Å². The largest absolute Gasteiger partial charge is 0.465 e. The van der Waals surface area contributed by atoms with Crippen LogP contribution >= 0.6 is 0 Å². The van der Waals surface area contributed by atoms with Gasteiger partial charge in [-0.05, 0) is 39.1 Å². The van der Waals surface area contributed by atoms with E-state index in [0.29, 0.717) is 0 Å². The summed E-state index contributed by atoms with van der Waals surface area (Å²) in [5.41, 5.74) is 5.61. The Morgan fingerprint density at radius 3 is 2.62 bits per heavy atom. The van der Waals surface area contributed by atoms with E-state index < -0.39 is 0 Å². The van der Waals surface area contributed by atoms with Crippen molar-refractivity contribution in [3.63, 3.8) is 0 Å². The molecule has 0 aliphatic carbocycles. The van der Waals surface area contributed by atoms with Crippen LogP contribution in [-0.2, 0) is 13.0 Å². The zero-order chi connectivity index (χ0) is 15.7. The van der Waals surface area contributed by atoms with E-state index in [9.17, 15) is 0 Å². The number of aliphatic imine (C=N–C) groups is 1. The molecule has 1 aromatic rings. The highest BCUT2D eigenvalue weighted by Gasteiger charge is 2.04. The molecule has 2 N–H and O–H groups in total. The second-order valence-electron chi connectivity index (χ2n) is 5.41. The van der Waals surface area contributed by atoms with Gasteiger partial charge in [-0.15, -0.1) is 4.99 Å². The first-order valence-corrected chi connectivity index (χ1v) is 7.18. The van der Waals surface area contributed by atoms with Gasteiger partial charge in [0, 0.05) is 20.0 Å². The van der Waals surface area contributed by atoms with Crippen molar-refractivity contribution in [2.45, 2.75) is 32.2 Å². The van der Waals surface area contributed by atoms with Crippen LogP contribution in [0.4, 0.5) is 0 Å². The van der Waals surface area contributed by atoms with Gasteiger partial charge in [0.05, 0.1) is 6.54 Å². The summed E-state index contributed by atoms with van der Waals surface area (Å²) in [6, 6.07) is 4.10.